The molecule has 3 aromatic carbocycles. The largest absolute Gasteiger partial charge is 0.432 e. The summed E-state index contributed by atoms with van der Waals surface area (Å²) in [7, 11) is 0. The molecule has 0 bridgehead atoms. The third kappa shape index (κ3) is 8.17. The van der Waals surface area contributed by atoms with Crippen molar-refractivity contribution in [1.29, 1.82) is 0 Å². The molecule has 0 aromatic heterocycles. The maximum atomic E-state index is 14.9. The van der Waals surface area contributed by atoms with Gasteiger partial charge in [0.15, 0.2) is 5.76 Å². The van der Waals surface area contributed by atoms with Crippen molar-refractivity contribution < 1.29 is 39.9 Å². The van der Waals surface area contributed by atoms with Crippen molar-refractivity contribution in [1.82, 2.24) is 0 Å². The van der Waals surface area contributed by atoms with Crippen molar-refractivity contribution in [3.63, 3.8) is 0 Å². The molecule has 0 N–H and O–H groups in total. The molecular formula is C31H20Cl2F8O. The SMILES string of the molecule is C=CCCc1ccc(C#Cc2cc(F)c(-c3cc(F)c(C(F)(F)OC(/C=C(/Cl)CCCl)=C/F)c(F)c3)c(F)c2)c(F)c1. The second kappa shape index (κ2) is 14.4. The van der Waals surface area contributed by atoms with Crippen LogP contribution >= 0.6 is 23.2 Å². The average molecular weight is 631 g/mol. The van der Waals surface area contributed by atoms with Gasteiger partial charge in [-0.05, 0) is 72.9 Å². The van der Waals surface area contributed by atoms with E-state index in [1.807, 2.05) is 0 Å². The third-order valence-corrected chi connectivity index (χ3v) is 6.15. The lowest BCUT2D eigenvalue weighted by Gasteiger charge is -2.20. The molecular weight excluding hydrogens is 611 g/mol. The van der Waals surface area contributed by atoms with Gasteiger partial charge >= 0.3 is 6.11 Å². The van der Waals surface area contributed by atoms with Gasteiger partial charge in [-0.1, -0.05) is 35.6 Å². The number of halogens is 10. The molecule has 0 heterocycles. The van der Waals surface area contributed by atoms with E-state index in [2.05, 4.69) is 23.2 Å². The summed E-state index contributed by atoms with van der Waals surface area (Å²) >= 11 is 11.1. The molecule has 0 spiro atoms. The summed E-state index contributed by atoms with van der Waals surface area (Å²) in [4.78, 5) is 0. The summed E-state index contributed by atoms with van der Waals surface area (Å²) < 4.78 is 120. The molecule has 220 valence electrons. The van der Waals surface area contributed by atoms with Crippen LogP contribution in [0.4, 0.5) is 35.1 Å². The molecule has 0 saturated heterocycles. The van der Waals surface area contributed by atoms with E-state index in [4.69, 9.17) is 23.2 Å². The van der Waals surface area contributed by atoms with Gasteiger partial charge in [-0.15, -0.1) is 18.2 Å². The van der Waals surface area contributed by atoms with Crippen LogP contribution in [0.5, 0.6) is 0 Å². The van der Waals surface area contributed by atoms with Crippen molar-refractivity contribution in [2.24, 2.45) is 0 Å². The molecule has 0 unspecified atom stereocenters. The fourth-order valence-corrected chi connectivity index (χ4v) is 4.24. The van der Waals surface area contributed by atoms with E-state index in [1.54, 1.807) is 12.1 Å². The highest BCUT2D eigenvalue weighted by molar-refractivity contribution is 6.30. The smallest absolute Gasteiger partial charge is 0.426 e. The second-order valence-electron chi connectivity index (χ2n) is 8.68. The first-order chi connectivity index (χ1) is 19.9. The van der Waals surface area contributed by atoms with Gasteiger partial charge in [-0.3, -0.25) is 0 Å². The van der Waals surface area contributed by atoms with Crippen LogP contribution in [-0.4, -0.2) is 5.88 Å². The summed E-state index contributed by atoms with van der Waals surface area (Å²) in [6, 6.07) is 6.33. The van der Waals surface area contributed by atoms with Crippen molar-refractivity contribution in [2.45, 2.75) is 25.4 Å². The zero-order valence-electron chi connectivity index (χ0n) is 21.5. The normalized spacial score (nSPS) is 12.1. The van der Waals surface area contributed by atoms with Crippen LogP contribution in [0.1, 0.15) is 35.1 Å². The number of hydrogen-bond acceptors (Lipinski definition) is 1. The maximum absolute atomic E-state index is 14.9. The Labute approximate surface area is 246 Å². The molecule has 0 fully saturated rings. The zero-order chi connectivity index (χ0) is 31.0. The number of ether oxygens (including phenoxy) is 1. The van der Waals surface area contributed by atoms with Crippen LogP contribution in [0.15, 0.2) is 78.3 Å². The number of rotatable bonds is 10. The summed E-state index contributed by atoms with van der Waals surface area (Å²) in [5, 5.41) is -0.178. The Kier molecular flexibility index (Phi) is 11.3. The summed E-state index contributed by atoms with van der Waals surface area (Å²) in [5.74, 6) is -3.46. The lowest BCUT2D eigenvalue weighted by molar-refractivity contribution is -0.225. The standard InChI is InChI=1S/C31H20Cl2F8O/c1-2-3-4-18-5-7-20(24(35)11-18)8-6-19-12-25(36)29(26(37)13-19)21-14-27(38)30(28(39)15-21)31(40,41)42-23(17-34)16-22(33)9-10-32/h2,5,7,11-17H,1,3-4,9-10H2/b22-16+,23-17+. The van der Waals surface area contributed by atoms with Crippen LogP contribution < -0.4 is 0 Å². The molecule has 0 atom stereocenters. The molecule has 0 radical (unpaired) electrons. The number of allylic oxidation sites excluding steroid dienone is 3. The predicted octanol–water partition coefficient (Wildman–Crippen LogP) is 10.2. The van der Waals surface area contributed by atoms with Gasteiger partial charge in [0.1, 0.15) is 41.0 Å². The molecule has 1 nitrogen and oxygen atoms in total. The Morgan fingerprint density at radius 2 is 1.55 bits per heavy atom. The Bertz CT molecular complexity index is 1560. The van der Waals surface area contributed by atoms with Crippen molar-refractivity contribution in [3.8, 4) is 23.0 Å². The van der Waals surface area contributed by atoms with Gasteiger partial charge in [-0.2, -0.15) is 8.78 Å². The van der Waals surface area contributed by atoms with E-state index in [0.29, 0.717) is 24.5 Å². The van der Waals surface area contributed by atoms with Gasteiger partial charge in [-0.25, -0.2) is 26.3 Å². The minimum absolute atomic E-state index is 0.0280. The molecule has 0 saturated carbocycles. The van der Waals surface area contributed by atoms with Gasteiger partial charge in [0.25, 0.3) is 0 Å². The first kappa shape index (κ1) is 32.8. The quantitative estimate of drug-likeness (QED) is 0.0541. The maximum Gasteiger partial charge on any atom is 0.432 e. The topological polar surface area (TPSA) is 9.23 Å². The molecule has 0 aliphatic heterocycles. The number of aryl methyl sites for hydroxylation is 1. The minimum Gasteiger partial charge on any atom is -0.426 e. The molecule has 0 aliphatic carbocycles. The summed E-state index contributed by atoms with van der Waals surface area (Å²) in [6.07, 6.45) is -1.66. The van der Waals surface area contributed by atoms with E-state index in [9.17, 15) is 35.1 Å². The summed E-state index contributed by atoms with van der Waals surface area (Å²) in [5.41, 5.74) is -3.19. The van der Waals surface area contributed by atoms with E-state index < -0.39 is 64.0 Å². The van der Waals surface area contributed by atoms with E-state index in [-0.39, 0.29) is 40.6 Å². The number of benzene rings is 3. The lowest BCUT2D eigenvalue weighted by atomic mass is 9.99. The van der Waals surface area contributed by atoms with E-state index >= 15 is 0 Å². The average Bonchev–Trinajstić information content (AvgIpc) is 2.90. The second-order valence-corrected chi connectivity index (χ2v) is 9.55. The van der Waals surface area contributed by atoms with Crippen LogP contribution in [-0.2, 0) is 17.3 Å². The van der Waals surface area contributed by atoms with Crippen LogP contribution in [0.3, 0.4) is 0 Å². The molecule has 42 heavy (non-hydrogen) atoms. The highest BCUT2D eigenvalue weighted by Crippen LogP contribution is 2.39. The van der Waals surface area contributed by atoms with Crippen LogP contribution in [0.2, 0.25) is 0 Å². The number of hydrogen-bond donors (Lipinski definition) is 0. The van der Waals surface area contributed by atoms with Gasteiger partial charge in [0.2, 0.25) is 0 Å². The molecule has 3 aromatic rings. The van der Waals surface area contributed by atoms with Crippen LogP contribution in [0, 0.1) is 40.9 Å². The summed E-state index contributed by atoms with van der Waals surface area (Å²) in [6.45, 7) is 3.59. The molecule has 0 amide bonds. The van der Waals surface area contributed by atoms with Crippen molar-refractivity contribution >= 4 is 23.2 Å². The molecule has 0 aliphatic rings. The Morgan fingerprint density at radius 1 is 0.905 bits per heavy atom. The zero-order valence-corrected chi connectivity index (χ0v) is 23.0. The lowest BCUT2D eigenvalue weighted by Crippen LogP contribution is -2.21. The number of alkyl halides is 3. The molecule has 11 heteroatoms. The predicted molar refractivity (Wildman–Crippen MR) is 146 cm³/mol. The van der Waals surface area contributed by atoms with E-state index in [1.165, 1.54) is 12.1 Å². The van der Waals surface area contributed by atoms with Gasteiger partial charge in [0, 0.05) is 16.5 Å². The van der Waals surface area contributed by atoms with Gasteiger partial charge < -0.3 is 4.74 Å². The Morgan fingerprint density at radius 3 is 2.10 bits per heavy atom. The highest BCUT2D eigenvalue weighted by atomic mass is 35.5. The van der Waals surface area contributed by atoms with Crippen LogP contribution in [0.25, 0.3) is 11.1 Å². The molecule has 3 rings (SSSR count). The van der Waals surface area contributed by atoms with E-state index in [0.717, 1.165) is 12.1 Å². The Balaban J connectivity index is 1.92. The Hall–Kier alpha value is -3.74. The first-order valence-corrected chi connectivity index (χ1v) is 13.0. The monoisotopic (exact) mass is 630 g/mol. The first-order valence-electron chi connectivity index (χ1n) is 12.1. The minimum atomic E-state index is -4.76. The van der Waals surface area contributed by atoms with Crippen molar-refractivity contribution in [3.05, 3.63) is 130 Å². The van der Waals surface area contributed by atoms with Gasteiger partial charge in [0.05, 0.1) is 11.1 Å². The third-order valence-electron chi connectivity index (χ3n) is 5.66. The fourth-order valence-electron chi connectivity index (χ4n) is 3.74. The fraction of sp³-hybridized carbons (Fsp3) is 0.161. The van der Waals surface area contributed by atoms with Crippen molar-refractivity contribution in [2.75, 3.05) is 5.88 Å². The highest BCUT2D eigenvalue weighted by Gasteiger charge is 2.42.